The van der Waals surface area contributed by atoms with Gasteiger partial charge in [-0.05, 0) is 49.9 Å². The molecule has 110 valence electrons. The topological polar surface area (TPSA) is 45.0 Å². The fourth-order valence-corrected chi connectivity index (χ4v) is 1.99. The molecule has 1 atom stereocenters. The lowest BCUT2D eigenvalue weighted by atomic mass is 10.0. The first kappa shape index (κ1) is 16.5. The zero-order chi connectivity index (χ0) is 15.2. The molecule has 0 aliphatic heterocycles. The number of nitrogens with one attached hydrogen (secondary N) is 1. The van der Waals surface area contributed by atoms with Crippen molar-refractivity contribution in [2.24, 2.45) is 0 Å². The highest BCUT2D eigenvalue weighted by Crippen LogP contribution is 2.28. The van der Waals surface area contributed by atoms with E-state index in [9.17, 15) is 5.26 Å². The smallest absolute Gasteiger partial charge is 0.138 e. The molecule has 0 aromatic heterocycles. The molecule has 1 aromatic rings. The lowest BCUT2D eigenvalue weighted by Gasteiger charge is -2.24. The first-order valence-electron chi connectivity index (χ1n) is 7.31. The maximum absolute atomic E-state index is 9.33. The quantitative estimate of drug-likeness (QED) is 0.823. The van der Waals surface area contributed by atoms with Gasteiger partial charge in [-0.3, -0.25) is 5.32 Å². The minimum Gasteiger partial charge on any atom is -0.490 e. The van der Waals surface area contributed by atoms with Crippen molar-refractivity contribution in [2.75, 3.05) is 13.2 Å². The van der Waals surface area contributed by atoms with Crippen LogP contribution in [-0.2, 0) is 0 Å². The summed E-state index contributed by atoms with van der Waals surface area (Å²) >= 11 is 0. The van der Waals surface area contributed by atoms with Crippen LogP contribution in [0.4, 0.5) is 0 Å². The van der Waals surface area contributed by atoms with Crippen LogP contribution in [0.5, 0.6) is 5.75 Å². The van der Waals surface area contributed by atoms with E-state index < -0.39 is 5.54 Å². The first-order chi connectivity index (χ1) is 9.41. The Hall–Kier alpha value is -1.53. The summed E-state index contributed by atoms with van der Waals surface area (Å²) in [5.74, 6) is 1.29. The Morgan fingerprint density at radius 1 is 1.40 bits per heavy atom. The van der Waals surface area contributed by atoms with E-state index in [1.54, 1.807) is 0 Å². The molecule has 0 saturated heterocycles. The fourth-order valence-electron chi connectivity index (χ4n) is 1.99. The van der Waals surface area contributed by atoms with Crippen molar-refractivity contribution >= 4 is 0 Å². The average molecular weight is 274 g/mol. The predicted octanol–water partition coefficient (Wildman–Crippen LogP) is 3.78. The lowest BCUT2D eigenvalue weighted by molar-refractivity contribution is 0.232. The Labute approximate surface area is 123 Å². The van der Waals surface area contributed by atoms with Gasteiger partial charge in [0.1, 0.15) is 17.9 Å². The molecule has 1 unspecified atom stereocenters. The van der Waals surface area contributed by atoms with Crippen molar-refractivity contribution in [1.82, 2.24) is 5.32 Å². The molecular weight excluding hydrogens is 248 g/mol. The van der Waals surface area contributed by atoms with Gasteiger partial charge in [0.05, 0.1) is 6.07 Å². The first-order valence-corrected chi connectivity index (χ1v) is 7.31. The summed E-state index contributed by atoms with van der Waals surface area (Å²) in [5, 5.41) is 12.6. The molecule has 20 heavy (non-hydrogen) atoms. The van der Waals surface area contributed by atoms with Gasteiger partial charge in [-0.1, -0.05) is 32.9 Å². The molecule has 0 heterocycles. The van der Waals surface area contributed by atoms with Gasteiger partial charge < -0.3 is 4.74 Å². The summed E-state index contributed by atoms with van der Waals surface area (Å²) in [6.07, 6.45) is 0.999. The molecule has 0 amide bonds. The zero-order valence-electron chi connectivity index (χ0n) is 13.3. The molecule has 0 spiro atoms. The third-order valence-corrected chi connectivity index (χ3v) is 3.32. The number of nitriles is 1. The van der Waals surface area contributed by atoms with Gasteiger partial charge in [-0.15, -0.1) is 0 Å². The number of hydrogen-bond acceptors (Lipinski definition) is 3. The number of ether oxygens (including phenoxy) is 1. The molecule has 0 aliphatic carbocycles. The van der Waals surface area contributed by atoms with Crippen LogP contribution in [0, 0.1) is 18.3 Å². The van der Waals surface area contributed by atoms with Crippen molar-refractivity contribution in [3.63, 3.8) is 0 Å². The van der Waals surface area contributed by atoms with E-state index in [0.29, 0.717) is 12.5 Å². The SMILES string of the molecule is CCCNC(C)(C#N)COc1cc(C)ccc1C(C)C. The lowest BCUT2D eigenvalue weighted by Crippen LogP contribution is -2.46. The van der Waals surface area contributed by atoms with E-state index in [-0.39, 0.29) is 0 Å². The zero-order valence-corrected chi connectivity index (χ0v) is 13.3. The summed E-state index contributed by atoms with van der Waals surface area (Å²) in [5.41, 5.74) is 1.71. The molecule has 3 nitrogen and oxygen atoms in total. The van der Waals surface area contributed by atoms with Gasteiger partial charge in [0, 0.05) is 0 Å². The Kier molecular flexibility index (Phi) is 6.04. The van der Waals surface area contributed by atoms with E-state index >= 15 is 0 Å². The monoisotopic (exact) mass is 274 g/mol. The molecule has 0 fully saturated rings. The second-order valence-electron chi connectivity index (χ2n) is 5.86. The summed E-state index contributed by atoms with van der Waals surface area (Å²) in [6.45, 7) is 11.5. The minimum absolute atomic E-state index is 0.354. The molecule has 0 radical (unpaired) electrons. The van der Waals surface area contributed by atoms with Gasteiger partial charge >= 0.3 is 0 Å². The van der Waals surface area contributed by atoms with Gasteiger partial charge in [0.15, 0.2) is 0 Å². The van der Waals surface area contributed by atoms with Crippen LogP contribution < -0.4 is 10.1 Å². The number of aryl methyl sites for hydroxylation is 1. The second-order valence-corrected chi connectivity index (χ2v) is 5.86. The normalized spacial score (nSPS) is 13.8. The average Bonchev–Trinajstić information content (AvgIpc) is 2.42. The molecule has 0 bridgehead atoms. The maximum atomic E-state index is 9.33. The Bertz CT molecular complexity index is 476. The molecule has 1 N–H and O–H groups in total. The Balaban J connectivity index is 2.83. The highest BCUT2D eigenvalue weighted by Gasteiger charge is 2.24. The molecular formula is C17H26N2O. The van der Waals surface area contributed by atoms with Gasteiger partial charge in [0.25, 0.3) is 0 Å². The van der Waals surface area contributed by atoms with E-state index in [1.165, 1.54) is 11.1 Å². The van der Waals surface area contributed by atoms with E-state index in [0.717, 1.165) is 18.7 Å². The van der Waals surface area contributed by atoms with Crippen LogP contribution in [0.3, 0.4) is 0 Å². The van der Waals surface area contributed by atoms with Crippen molar-refractivity contribution in [1.29, 1.82) is 5.26 Å². The summed E-state index contributed by atoms with van der Waals surface area (Å²) in [6, 6.07) is 8.57. The predicted molar refractivity (Wildman–Crippen MR) is 83.1 cm³/mol. The van der Waals surface area contributed by atoms with E-state index in [4.69, 9.17) is 4.74 Å². The third kappa shape index (κ3) is 4.54. The molecule has 0 aliphatic rings. The Morgan fingerprint density at radius 3 is 2.65 bits per heavy atom. The van der Waals surface area contributed by atoms with Crippen molar-refractivity contribution in [2.45, 2.75) is 52.5 Å². The maximum Gasteiger partial charge on any atom is 0.138 e. The molecule has 1 aromatic carbocycles. The fraction of sp³-hybridized carbons (Fsp3) is 0.588. The van der Waals surface area contributed by atoms with Crippen LogP contribution in [0.25, 0.3) is 0 Å². The number of benzene rings is 1. The highest BCUT2D eigenvalue weighted by molar-refractivity contribution is 5.39. The molecule has 1 rings (SSSR count). The Morgan fingerprint density at radius 2 is 2.10 bits per heavy atom. The van der Waals surface area contributed by atoms with Gasteiger partial charge in [0.2, 0.25) is 0 Å². The van der Waals surface area contributed by atoms with Crippen LogP contribution >= 0.6 is 0 Å². The number of nitrogens with zero attached hydrogens (tertiary/aromatic N) is 1. The van der Waals surface area contributed by atoms with Gasteiger partial charge in [-0.2, -0.15) is 5.26 Å². The van der Waals surface area contributed by atoms with Crippen molar-refractivity contribution in [3.05, 3.63) is 29.3 Å². The number of hydrogen-bond donors (Lipinski definition) is 1. The standard InChI is InChI=1S/C17H26N2O/c1-6-9-19-17(5,11-18)12-20-16-10-14(4)7-8-15(16)13(2)3/h7-8,10,13,19H,6,9,12H2,1-5H3. The summed E-state index contributed by atoms with van der Waals surface area (Å²) in [7, 11) is 0. The second kappa shape index (κ2) is 7.31. The molecule has 0 saturated carbocycles. The number of rotatable bonds is 7. The minimum atomic E-state index is -0.645. The van der Waals surface area contributed by atoms with Gasteiger partial charge in [-0.25, -0.2) is 0 Å². The summed E-state index contributed by atoms with van der Waals surface area (Å²) < 4.78 is 5.95. The van der Waals surface area contributed by atoms with Crippen LogP contribution in [0.15, 0.2) is 18.2 Å². The molecule has 3 heteroatoms. The largest absolute Gasteiger partial charge is 0.490 e. The van der Waals surface area contributed by atoms with E-state index in [1.807, 2.05) is 13.0 Å². The summed E-state index contributed by atoms with van der Waals surface area (Å²) in [4.78, 5) is 0. The van der Waals surface area contributed by atoms with Crippen LogP contribution in [-0.4, -0.2) is 18.7 Å². The van der Waals surface area contributed by atoms with Crippen molar-refractivity contribution < 1.29 is 4.74 Å². The van der Waals surface area contributed by atoms with Crippen LogP contribution in [0.2, 0.25) is 0 Å². The van der Waals surface area contributed by atoms with E-state index in [2.05, 4.69) is 51.2 Å². The highest BCUT2D eigenvalue weighted by atomic mass is 16.5. The van der Waals surface area contributed by atoms with Crippen molar-refractivity contribution in [3.8, 4) is 11.8 Å². The third-order valence-electron chi connectivity index (χ3n) is 3.32. The van der Waals surface area contributed by atoms with Crippen LogP contribution in [0.1, 0.15) is 51.2 Å².